The maximum absolute atomic E-state index is 8.37. The highest BCUT2D eigenvalue weighted by Gasteiger charge is 2.05. The predicted molar refractivity (Wildman–Crippen MR) is 121 cm³/mol. The molecule has 5 rings (SSSR count). The van der Waals surface area contributed by atoms with E-state index < -0.39 is 0 Å². The van der Waals surface area contributed by atoms with Crippen molar-refractivity contribution in [1.82, 2.24) is 19.9 Å². The van der Waals surface area contributed by atoms with E-state index in [0.29, 0.717) is 0 Å². The number of aromatic nitrogens is 4. The number of thiazole rings is 2. The van der Waals surface area contributed by atoms with Crippen molar-refractivity contribution in [2.75, 3.05) is 5.08 Å². The number of thiocyanates is 1. The van der Waals surface area contributed by atoms with Crippen molar-refractivity contribution in [2.24, 2.45) is 0 Å². The Kier molecular flexibility index (Phi) is 6.24. The van der Waals surface area contributed by atoms with Gasteiger partial charge in [-0.15, -0.1) is 22.7 Å². The van der Waals surface area contributed by atoms with Gasteiger partial charge in [0.1, 0.15) is 11.1 Å². The molecule has 0 saturated carbocycles. The summed E-state index contributed by atoms with van der Waals surface area (Å²) in [7, 11) is 0. The van der Waals surface area contributed by atoms with Gasteiger partial charge in [-0.05, 0) is 36.0 Å². The third-order valence-corrected chi connectivity index (χ3v) is 7.08. The van der Waals surface area contributed by atoms with Gasteiger partial charge in [0.15, 0.2) is 10.2 Å². The van der Waals surface area contributed by atoms with Gasteiger partial charge < -0.3 is 4.98 Å². The number of H-pyrrole nitrogens is 1. The Morgan fingerprint density at radius 3 is 2.61 bits per heavy atom. The molecule has 0 radical (unpaired) electrons. The van der Waals surface area contributed by atoms with Crippen LogP contribution in [0.1, 0.15) is 0 Å². The third-order valence-electron chi connectivity index (χ3n) is 3.64. The van der Waals surface area contributed by atoms with Gasteiger partial charge in [-0.3, -0.25) is 0 Å². The van der Waals surface area contributed by atoms with E-state index in [9.17, 15) is 0 Å². The van der Waals surface area contributed by atoms with Gasteiger partial charge in [0.05, 0.1) is 31.8 Å². The molecule has 0 spiro atoms. The lowest BCUT2D eigenvalue weighted by atomic mass is 10.3. The molecule has 138 valence electrons. The average Bonchev–Trinajstić information content (AvgIpc) is 3.46. The van der Waals surface area contributed by atoms with Crippen molar-refractivity contribution in [3.8, 4) is 16.9 Å². The topological polar surface area (TPSA) is 78.2 Å². The molecule has 5 nitrogen and oxygen atoms in total. The minimum atomic E-state index is 0.746. The molecule has 3 heterocycles. The Balaban J connectivity index is 0.000000137. The summed E-state index contributed by atoms with van der Waals surface area (Å²) >= 11 is 6.12. The lowest BCUT2D eigenvalue weighted by Crippen LogP contribution is -1.77. The van der Waals surface area contributed by atoms with E-state index in [1.807, 2.05) is 58.8 Å². The molecule has 0 atom stereocenters. The van der Waals surface area contributed by atoms with Gasteiger partial charge in [-0.2, -0.15) is 5.26 Å². The zero-order chi connectivity index (χ0) is 19.2. The van der Waals surface area contributed by atoms with Crippen molar-refractivity contribution < 1.29 is 0 Å². The number of nitriles is 1. The molecule has 0 aliphatic heterocycles. The first-order chi connectivity index (χ1) is 13.8. The van der Waals surface area contributed by atoms with Crippen LogP contribution in [0.25, 0.3) is 32.8 Å². The van der Waals surface area contributed by atoms with Gasteiger partial charge >= 0.3 is 0 Å². The number of fused-ring (bicyclic) bond motifs is 2. The predicted octanol–water partition coefficient (Wildman–Crippen LogP) is 6.25. The van der Waals surface area contributed by atoms with Crippen LogP contribution in [0.5, 0.6) is 0 Å². The fourth-order valence-corrected chi connectivity index (χ4v) is 5.61. The second-order valence-corrected chi connectivity index (χ2v) is 9.52. The maximum atomic E-state index is 8.37. The van der Waals surface area contributed by atoms with Crippen molar-refractivity contribution in [3.63, 3.8) is 0 Å². The monoisotopic (exact) mass is 439 g/mol. The number of thioether (sulfide) groups is 2. The number of benzene rings is 2. The Bertz CT molecular complexity index is 1150. The van der Waals surface area contributed by atoms with E-state index in [1.54, 1.807) is 34.4 Å². The number of para-hydroxylation sites is 3. The molecule has 1 N–H and O–H groups in total. The molecular weight excluding hydrogens is 427 g/mol. The molecule has 0 fully saturated rings. The fraction of sp³-hybridized carbons (Fsp3) is 0.0526. The molecule has 2 aromatic carbocycles. The van der Waals surface area contributed by atoms with E-state index in [0.717, 1.165) is 37.5 Å². The molecule has 0 unspecified atom stereocenters. The summed E-state index contributed by atoms with van der Waals surface area (Å²) in [5.41, 5.74) is 5.79. The van der Waals surface area contributed by atoms with E-state index in [4.69, 9.17) is 5.26 Å². The van der Waals surface area contributed by atoms with Gasteiger partial charge in [0, 0.05) is 5.38 Å². The summed E-state index contributed by atoms with van der Waals surface area (Å²) < 4.78 is 2.24. The lowest BCUT2D eigenvalue weighted by Gasteiger charge is -1.87. The molecule has 5 aromatic rings. The maximum Gasteiger partial charge on any atom is 0.158 e. The van der Waals surface area contributed by atoms with Crippen molar-refractivity contribution in [2.45, 2.75) is 4.34 Å². The standard InChI is InChI=1S/C10H7N3S.C9H6N2S3/c1-2-4-8-7(3-1)12-10(13-8)9-5-14-6-11-9;10-5-12-6-13-9-11-7-3-1-2-4-8(7)14-9/h1-6H,(H,12,13);1-4H,6H2. The minimum absolute atomic E-state index is 0.746. The fourth-order valence-electron chi connectivity index (χ4n) is 2.42. The second kappa shape index (κ2) is 9.21. The van der Waals surface area contributed by atoms with Crippen LogP contribution in [-0.2, 0) is 0 Å². The number of aromatic amines is 1. The average molecular weight is 440 g/mol. The summed E-state index contributed by atoms with van der Waals surface area (Å²) in [5.74, 6) is 0.840. The Morgan fingerprint density at radius 2 is 1.86 bits per heavy atom. The van der Waals surface area contributed by atoms with Crippen LogP contribution < -0.4 is 0 Å². The van der Waals surface area contributed by atoms with Crippen LogP contribution in [0.15, 0.2) is 63.8 Å². The van der Waals surface area contributed by atoms with E-state index in [2.05, 4.69) is 26.0 Å². The zero-order valence-corrected chi connectivity index (χ0v) is 17.7. The Morgan fingerprint density at radius 1 is 1.04 bits per heavy atom. The molecule has 0 bridgehead atoms. The van der Waals surface area contributed by atoms with E-state index in [1.165, 1.54) is 16.5 Å². The van der Waals surface area contributed by atoms with Gasteiger partial charge in [-0.25, -0.2) is 15.0 Å². The molecular formula is C19H13N5S4. The third kappa shape index (κ3) is 4.54. The number of imidazole rings is 1. The van der Waals surface area contributed by atoms with Crippen LogP contribution in [0.4, 0.5) is 0 Å². The first kappa shape index (κ1) is 19.0. The van der Waals surface area contributed by atoms with Crippen LogP contribution in [0.2, 0.25) is 0 Å². The molecule has 9 heteroatoms. The van der Waals surface area contributed by atoms with E-state index in [-0.39, 0.29) is 0 Å². The van der Waals surface area contributed by atoms with Gasteiger partial charge in [0.2, 0.25) is 0 Å². The number of rotatable bonds is 4. The number of nitrogens with zero attached hydrogens (tertiary/aromatic N) is 4. The van der Waals surface area contributed by atoms with Crippen molar-refractivity contribution in [3.05, 3.63) is 59.4 Å². The highest BCUT2D eigenvalue weighted by atomic mass is 32.2. The smallest absolute Gasteiger partial charge is 0.158 e. The van der Waals surface area contributed by atoms with Crippen molar-refractivity contribution >= 4 is 67.4 Å². The first-order valence-electron chi connectivity index (χ1n) is 8.16. The Labute approximate surface area is 177 Å². The zero-order valence-electron chi connectivity index (χ0n) is 14.4. The van der Waals surface area contributed by atoms with Crippen molar-refractivity contribution in [1.29, 1.82) is 5.26 Å². The Hall–Kier alpha value is -2.38. The highest BCUT2D eigenvalue weighted by molar-refractivity contribution is 8.18. The molecule has 0 aliphatic rings. The summed E-state index contributed by atoms with van der Waals surface area (Å²) in [4.78, 5) is 16.3. The normalized spacial score (nSPS) is 10.5. The van der Waals surface area contributed by atoms with Crippen LogP contribution >= 0.6 is 46.2 Å². The molecule has 0 aliphatic carbocycles. The van der Waals surface area contributed by atoms with Crippen LogP contribution in [-0.4, -0.2) is 25.0 Å². The summed E-state index contributed by atoms with van der Waals surface area (Å²) in [6, 6.07) is 16.0. The summed E-state index contributed by atoms with van der Waals surface area (Å²) in [6.07, 6.45) is 0. The van der Waals surface area contributed by atoms with Gasteiger partial charge in [0.25, 0.3) is 0 Å². The number of nitrogens with one attached hydrogen (secondary N) is 1. The first-order valence-corrected chi connectivity index (χ1v) is 11.9. The number of hydrogen-bond acceptors (Lipinski definition) is 8. The van der Waals surface area contributed by atoms with Crippen LogP contribution in [0.3, 0.4) is 0 Å². The second-order valence-electron chi connectivity index (χ2n) is 5.42. The molecule has 3 aromatic heterocycles. The molecule has 0 saturated heterocycles. The van der Waals surface area contributed by atoms with Gasteiger partial charge in [-0.1, -0.05) is 36.0 Å². The highest BCUT2D eigenvalue weighted by Crippen LogP contribution is 2.30. The number of hydrogen-bond donors (Lipinski definition) is 1. The summed E-state index contributed by atoms with van der Waals surface area (Å²) in [5, 5.41) is 13.1. The quantitative estimate of drug-likeness (QED) is 0.154. The largest absolute Gasteiger partial charge is 0.337 e. The summed E-state index contributed by atoms with van der Waals surface area (Å²) in [6.45, 7) is 0. The minimum Gasteiger partial charge on any atom is -0.337 e. The SMILES string of the molecule is N#CSCSc1nc2ccccc2s1.c1ccc2[nH]c(-c3cscn3)nc2c1. The lowest BCUT2D eigenvalue weighted by molar-refractivity contribution is 1.27. The van der Waals surface area contributed by atoms with Crippen LogP contribution in [0, 0.1) is 10.7 Å². The molecule has 0 amide bonds. The molecule has 28 heavy (non-hydrogen) atoms. The van der Waals surface area contributed by atoms with E-state index >= 15 is 0 Å².